The Kier molecular flexibility index (Phi) is 7.58. The Balaban J connectivity index is 1.07. The number of aryl methyl sites for hydroxylation is 1. The Morgan fingerprint density at radius 3 is 2.66 bits per heavy atom. The summed E-state index contributed by atoms with van der Waals surface area (Å²) in [5.41, 5.74) is 4.77. The lowest BCUT2D eigenvalue weighted by Crippen LogP contribution is -2.52. The summed E-state index contributed by atoms with van der Waals surface area (Å²) in [5.74, 6) is -0.144. The quantitative estimate of drug-likeness (QED) is 0.297. The molecule has 0 aliphatic carbocycles. The van der Waals surface area contributed by atoms with E-state index in [9.17, 15) is 19.2 Å². The van der Waals surface area contributed by atoms with E-state index in [0.717, 1.165) is 33.5 Å². The molecule has 0 bridgehead atoms. The molecule has 5 heterocycles. The van der Waals surface area contributed by atoms with Gasteiger partial charge in [-0.3, -0.25) is 29.2 Å². The number of imide groups is 1. The van der Waals surface area contributed by atoms with E-state index >= 15 is 0 Å². The number of rotatable bonds is 6. The fourth-order valence-electron chi connectivity index (χ4n) is 6.87. The first-order valence-corrected chi connectivity index (χ1v) is 15.9. The van der Waals surface area contributed by atoms with Crippen molar-refractivity contribution in [2.24, 2.45) is 13.0 Å². The second-order valence-corrected chi connectivity index (χ2v) is 12.9. The highest BCUT2D eigenvalue weighted by Crippen LogP contribution is 2.36. The van der Waals surface area contributed by atoms with Gasteiger partial charge in [-0.05, 0) is 54.3 Å². The molecule has 2 aromatic heterocycles. The number of carbonyl (C=O) groups is 4. The third-order valence-corrected chi connectivity index (χ3v) is 9.80. The number of likely N-dealkylation sites (N-methyl/N-ethyl adjacent to an activating group) is 1. The first-order chi connectivity index (χ1) is 22.5. The Hall–Kier alpha value is -5.04. The van der Waals surface area contributed by atoms with Gasteiger partial charge in [-0.1, -0.05) is 18.5 Å². The highest BCUT2D eigenvalue weighted by Gasteiger charge is 2.37. The summed E-state index contributed by atoms with van der Waals surface area (Å²) in [6, 6.07) is 11.3. The lowest BCUT2D eigenvalue weighted by Gasteiger charge is -2.40. The number of fused-ring (bicyclic) bond motifs is 2. The van der Waals surface area contributed by atoms with Gasteiger partial charge in [-0.15, -0.1) is 0 Å². The number of carbonyl (C=O) groups excluding carboxylic acids is 4. The molecule has 0 saturated carbocycles. The van der Waals surface area contributed by atoms with Crippen molar-refractivity contribution < 1.29 is 19.2 Å². The third kappa shape index (κ3) is 5.43. The van der Waals surface area contributed by atoms with E-state index in [4.69, 9.17) is 16.6 Å². The van der Waals surface area contributed by atoms with Crippen LogP contribution in [0.15, 0.2) is 42.6 Å². The normalized spacial score (nSPS) is 21.3. The summed E-state index contributed by atoms with van der Waals surface area (Å²) in [6.45, 7) is 2.58. The van der Waals surface area contributed by atoms with Crippen LogP contribution in [0.4, 0.5) is 28.8 Å². The van der Waals surface area contributed by atoms with Gasteiger partial charge in [0.2, 0.25) is 29.6 Å². The monoisotopic (exact) mass is 655 g/mol. The van der Waals surface area contributed by atoms with E-state index in [1.165, 1.54) is 0 Å². The van der Waals surface area contributed by atoms with Crippen LogP contribution in [-0.2, 0) is 32.6 Å². The molecule has 13 nitrogen and oxygen atoms in total. The molecular formula is C33H34ClN9O4. The van der Waals surface area contributed by atoms with Crippen LogP contribution in [0.3, 0.4) is 0 Å². The molecule has 2 N–H and O–H groups in total. The maximum Gasteiger partial charge on any atom is 0.235 e. The second kappa shape index (κ2) is 11.6. The van der Waals surface area contributed by atoms with Gasteiger partial charge in [0.05, 0.1) is 29.7 Å². The van der Waals surface area contributed by atoms with Crippen molar-refractivity contribution in [3.8, 4) is 0 Å². The van der Waals surface area contributed by atoms with Crippen LogP contribution in [0, 0.1) is 5.92 Å². The maximum atomic E-state index is 13.6. The first kappa shape index (κ1) is 30.6. The van der Waals surface area contributed by atoms with Gasteiger partial charge in [0.25, 0.3) is 0 Å². The molecule has 3 aliphatic rings. The molecular weight excluding hydrogens is 622 g/mol. The lowest BCUT2D eigenvalue weighted by atomic mass is 9.91. The van der Waals surface area contributed by atoms with Gasteiger partial charge in [0.15, 0.2) is 5.82 Å². The summed E-state index contributed by atoms with van der Waals surface area (Å²) in [6.07, 6.45) is 2.83. The fraction of sp³-hybridized carbons (Fsp3) is 0.364. The van der Waals surface area contributed by atoms with Crippen LogP contribution in [0.1, 0.15) is 43.4 Å². The molecule has 2 aromatic carbocycles. The van der Waals surface area contributed by atoms with E-state index in [1.54, 1.807) is 27.7 Å². The highest BCUT2D eigenvalue weighted by molar-refractivity contribution is 6.33. The average Bonchev–Trinajstić information content (AvgIpc) is 3.52. The Morgan fingerprint density at radius 1 is 1.06 bits per heavy atom. The van der Waals surface area contributed by atoms with Gasteiger partial charge in [-0.2, -0.15) is 10.1 Å². The van der Waals surface area contributed by atoms with E-state index in [-0.39, 0.29) is 48.4 Å². The van der Waals surface area contributed by atoms with Gasteiger partial charge in [0.1, 0.15) is 5.02 Å². The van der Waals surface area contributed by atoms with Crippen LogP contribution in [0.5, 0.6) is 0 Å². The predicted octanol–water partition coefficient (Wildman–Crippen LogP) is 3.68. The number of nitrogens with zero attached hydrogens (tertiary/aromatic N) is 7. The molecule has 7 rings (SSSR count). The second-order valence-electron chi connectivity index (χ2n) is 12.5. The number of hydrogen-bond donors (Lipinski definition) is 2. The Morgan fingerprint density at radius 2 is 1.87 bits per heavy atom. The number of benzene rings is 2. The number of nitrogens with one attached hydrogen (secondary N) is 2. The van der Waals surface area contributed by atoms with Crippen molar-refractivity contribution in [1.82, 2.24) is 25.1 Å². The van der Waals surface area contributed by atoms with Crippen molar-refractivity contribution in [2.45, 2.75) is 44.6 Å². The predicted molar refractivity (Wildman–Crippen MR) is 178 cm³/mol. The molecule has 0 spiro atoms. The summed E-state index contributed by atoms with van der Waals surface area (Å²) in [4.78, 5) is 64.5. The minimum atomic E-state index is -0.498. The van der Waals surface area contributed by atoms with Crippen LogP contribution in [0.25, 0.3) is 10.9 Å². The van der Waals surface area contributed by atoms with Crippen LogP contribution in [0.2, 0.25) is 5.02 Å². The average molecular weight is 656 g/mol. The van der Waals surface area contributed by atoms with Crippen LogP contribution < -0.4 is 25.3 Å². The molecule has 3 atom stereocenters. The zero-order valence-electron chi connectivity index (χ0n) is 26.5. The van der Waals surface area contributed by atoms with Crippen molar-refractivity contribution in [2.75, 3.05) is 40.7 Å². The molecule has 14 heteroatoms. The van der Waals surface area contributed by atoms with Gasteiger partial charge in [-0.25, -0.2) is 4.98 Å². The van der Waals surface area contributed by atoms with Crippen LogP contribution in [-0.4, -0.2) is 70.1 Å². The number of piperidine rings is 2. The van der Waals surface area contributed by atoms with Gasteiger partial charge >= 0.3 is 0 Å². The molecule has 1 unspecified atom stereocenters. The smallest absolute Gasteiger partial charge is 0.235 e. The minimum Gasteiger partial charge on any atom is -0.340 e. The highest BCUT2D eigenvalue weighted by atomic mass is 35.5. The van der Waals surface area contributed by atoms with E-state index < -0.39 is 5.92 Å². The maximum absolute atomic E-state index is 13.6. The van der Waals surface area contributed by atoms with Gasteiger partial charge in [0, 0.05) is 69.0 Å². The number of amides is 4. The summed E-state index contributed by atoms with van der Waals surface area (Å²) in [5, 5.41) is 11.5. The molecule has 4 aromatic rings. The minimum absolute atomic E-state index is 0.0307. The topological polar surface area (TPSA) is 146 Å². The van der Waals surface area contributed by atoms with Crippen molar-refractivity contribution in [3.05, 3.63) is 58.9 Å². The van der Waals surface area contributed by atoms with Crippen molar-refractivity contribution in [3.63, 3.8) is 0 Å². The largest absolute Gasteiger partial charge is 0.340 e. The van der Waals surface area contributed by atoms with Gasteiger partial charge < -0.3 is 20.0 Å². The molecule has 3 aliphatic heterocycles. The Bertz CT molecular complexity index is 1980. The van der Waals surface area contributed by atoms with E-state index in [1.807, 2.05) is 55.4 Å². The zero-order chi connectivity index (χ0) is 33.1. The third-order valence-electron chi connectivity index (χ3n) is 9.52. The zero-order valence-corrected chi connectivity index (χ0v) is 27.2. The fourth-order valence-corrected chi connectivity index (χ4v) is 7.01. The Labute approximate surface area is 275 Å². The van der Waals surface area contributed by atoms with Crippen molar-refractivity contribution >= 4 is 75.0 Å². The van der Waals surface area contributed by atoms with Crippen LogP contribution >= 0.6 is 11.6 Å². The summed E-state index contributed by atoms with van der Waals surface area (Å²) >= 11 is 6.48. The molecule has 2 saturated heterocycles. The standard InChI is InChI=1S/C33H34ClN9O4/c1-17-16-43(20-6-7-21-26(13-20)42(4)39-30(21)22-8-10-27(44)37-32(22)47)29(46)14-25(17)41(3)33-35-15-23(34)31(38-33)36-19-5-9-24-18(11-19)12-28(45)40(24)2/h5-7,9,11,13,15,17,22,25H,8,10,12,14,16H2,1-4H3,(H,35,36,38)(H,37,44,47)/t17-,22?,25+/m0/s1. The summed E-state index contributed by atoms with van der Waals surface area (Å²) < 4.78 is 1.72. The van der Waals surface area contributed by atoms with E-state index in [2.05, 4.69) is 27.6 Å². The summed E-state index contributed by atoms with van der Waals surface area (Å²) in [7, 11) is 5.46. The number of halogens is 1. The van der Waals surface area contributed by atoms with Crippen molar-refractivity contribution in [1.29, 1.82) is 0 Å². The lowest BCUT2D eigenvalue weighted by molar-refractivity contribution is -0.134. The molecule has 2 fully saturated rings. The SMILES string of the molecule is C[C@H]1CN(c2ccc3c(C4CCC(=O)NC4=O)nn(C)c3c2)C(=O)C[C@H]1N(C)c1ncc(Cl)c(Nc2ccc3c(c2)CC(=O)N3C)n1. The number of hydrogen-bond acceptors (Lipinski definition) is 9. The number of anilines is 5. The molecule has 4 amide bonds. The number of aromatic nitrogens is 4. The van der Waals surface area contributed by atoms with E-state index in [0.29, 0.717) is 41.9 Å². The first-order valence-electron chi connectivity index (χ1n) is 15.5. The molecule has 0 radical (unpaired) electrons. The molecule has 47 heavy (non-hydrogen) atoms. The molecule has 242 valence electrons.